The first-order valence-electron chi connectivity index (χ1n) is 7.11. The third-order valence-corrected chi connectivity index (χ3v) is 8.42. The van der Waals surface area contributed by atoms with Crippen molar-refractivity contribution in [3.8, 4) is 0 Å². The summed E-state index contributed by atoms with van der Waals surface area (Å²) in [7, 11) is -2.61. The molecule has 21 heavy (non-hydrogen) atoms. The molecule has 126 valence electrons. The standard InChI is InChI=1S/C14H28F3NO2Si/c1-9(2)11(18-10(3)19)12(14(15,16)17)20-21(7,8)13(4,5)6/h9,11-12H,1-8H3,(H,18,19). The summed E-state index contributed by atoms with van der Waals surface area (Å²) < 4.78 is 45.9. The van der Waals surface area contributed by atoms with Crippen LogP contribution in [0.1, 0.15) is 41.5 Å². The lowest BCUT2D eigenvalue weighted by molar-refractivity contribution is -0.210. The van der Waals surface area contributed by atoms with E-state index in [9.17, 15) is 18.0 Å². The van der Waals surface area contributed by atoms with Gasteiger partial charge in [-0.2, -0.15) is 13.2 Å². The first-order chi connectivity index (χ1) is 9.09. The predicted octanol–water partition coefficient (Wildman–Crippen LogP) is 4.10. The van der Waals surface area contributed by atoms with E-state index in [1.807, 2.05) is 20.8 Å². The van der Waals surface area contributed by atoms with E-state index in [1.54, 1.807) is 26.9 Å². The van der Waals surface area contributed by atoms with Crippen molar-refractivity contribution in [3.63, 3.8) is 0 Å². The fourth-order valence-corrected chi connectivity index (χ4v) is 2.93. The van der Waals surface area contributed by atoms with Gasteiger partial charge < -0.3 is 9.74 Å². The minimum absolute atomic E-state index is 0.339. The molecular formula is C14H28F3NO2Si. The van der Waals surface area contributed by atoms with Crippen LogP contribution in [0.3, 0.4) is 0 Å². The fraction of sp³-hybridized carbons (Fsp3) is 0.929. The van der Waals surface area contributed by atoms with Crippen molar-refractivity contribution in [1.82, 2.24) is 5.32 Å². The molecule has 2 unspecified atom stereocenters. The maximum Gasteiger partial charge on any atom is 0.415 e. The van der Waals surface area contributed by atoms with E-state index in [4.69, 9.17) is 4.43 Å². The lowest BCUT2D eigenvalue weighted by Crippen LogP contribution is -2.58. The van der Waals surface area contributed by atoms with Crippen LogP contribution < -0.4 is 5.32 Å². The molecule has 0 spiro atoms. The summed E-state index contributed by atoms with van der Waals surface area (Å²) >= 11 is 0. The fourth-order valence-electron chi connectivity index (χ4n) is 1.66. The van der Waals surface area contributed by atoms with Gasteiger partial charge in [-0.3, -0.25) is 4.79 Å². The summed E-state index contributed by atoms with van der Waals surface area (Å²) in [4.78, 5) is 11.2. The quantitative estimate of drug-likeness (QED) is 0.772. The Hall–Kier alpha value is -0.563. The molecule has 0 saturated heterocycles. The van der Waals surface area contributed by atoms with E-state index < -0.39 is 32.5 Å². The molecule has 3 nitrogen and oxygen atoms in total. The third kappa shape index (κ3) is 5.98. The average molecular weight is 327 g/mol. The highest BCUT2D eigenvalue weighted by molar-refractivity contribution is 6.74. The minimum atomic E-state index is -4.52. The van der Waals surface area contributed by atoms with Crippen LogP contribution in [-0.4, -0.2) is 32.5 Å². The second kappa shape index (κ2) is 6.69. The van der Waals surface area contributed by atoms with Crippen LogP contribution in [0.4, 0.5) is 13.2 Å². The Balaban J connectivity index is 5.53. The molecule has 0 fully saturated rings. The number of carbonyl (C=O) groups excluding carboxylic acids is 1. The lowest BCUT2D eigenvalue weighted by atomic mass is 9.98. The van der Waals surface area contributed by atoms with Gasteiger partial charge in [0.1, 0.15) is 0 Å². The summed E-state index contributed by atoms with van der Waals surface area (Å²) in [6, 6.07) is -1.09. The van der Waals surface area contributed by atoms with Crippen molar-refractivity contribution in [2.45, 2.75) is 78.0 Å². The Morgan fingerprint density at radius 2 is 1.57 bits per heavy atom. The summed E-state index contributed by atoms with van der Waals surface area (Å²) in [5, 5.41) is 2.06. The van der Waals surface area contributed by atoms with Crippen LogP contribution in [0.15, 0.2) is 0 Å². The molecule has 2 atom stereocenters. The number of hydrogen-bond donors (Lipinski definition) is 1. The Bertz CT molecular complexity index is 362. The van der Waals surface area contributed by atoms with Crippen molar-refractivity contribution in [1.29, 1.82) is 0 Å². The molecule has 0 heterocycles. The average Bonchev–Trinajstić information content (AvgIpc) is 2.19. The molecule has 0 aliphatic rings. The van der Waals surface area contributed by atoms with E-state index in [-0.39, 0.29) is 11.0 Å². The number of rotatable bonds is 5. The molecule has 0 radical (unpaired) electrons. The highest BCUT2D eigenvalue weighted by atomic mass is 28.4. The monoisotopic (exact) mass is 327 g/mol. The highest BCUT2D eigenvalue weighted by Crippen LogP contribution is 2.40. The Morgan fingerprint density at radius 1 is 1.14 bits per heavy atom. The summed E-state index contributed by atoms with van der Waals surface area (Å²) in [6.07, 6.45) is -6.50. The zero-order valence-electron chi connectivity index (χ0n) is 14.2. The van der Waals surface area contributed by atoms with Gasteiger partial charge in [0.05, 0.1) is 6.04 Å². The smallest absolute Gasteiger partial charge is 0.404 e. The first-order valence-corrected chi connectivity index (χ1v) is 10.0. The van der Waals surface area contributed by atoms with Crippen LogP contribution in [-0.2, 0) is 9.22 Å². The highest BCUT2D eigenvalue weighted by Gasteiger charge is 2.52. The van der Waals surface area contributed by atoms with Gasteiger partial charge in [-0.1, -0.05) is 34.6 Å². The molecule has 0 saturated carbocycles. The zero-order chi connectivity index (χ0) is 17.2. The van der Waals surface area contributed by atoms with Crippen LogP contribution in [0.2, 0.25) is 18.1 Å². The van der Waals surface area contributed by atoms with E-state index in [0.29, 0.717) is 0 Å². The van der Waals surface area contributed by atoms with Gasteiger partial charge in [-0.05, 0) is 24.1 Å². The van der Waals surface area contributed by atoms with Crippen molar-refractivity contribution in [2.75, 3.05) is 0 Å². The molecule has 0 aliphatic carbocycles. The number of halogens is 3. The molecule has 0 aromatic carbocycles. The van der Waals surface area contributed by atoms with E-state index in [0.717, 1.165) is 0 Å². The molecule has 1 N–H and O–H groups in total. The molecule has 1 amide bonds. The van der Waals surface area contributed by atoms with Crippen LogP contribution in [0.25, 0.3) is 0 Å². The van der Waals surface area contributed by atoms with Crippen LogP contribution in [0.5, 0.6) is 0 Å². The summed E-state index contributed by atoms with van der Waals surface area (Å²) in [5.74, 6) is -0.868. The second-order valence-corrected chi connectivity index (χ2v) is 12.1. The van der Waals surface area contributed by atoms with Gasteiger partial charge in [0.15, 0.2) is 14.4 Å². The first kappa shape index (κ1) is 20.4. The molecule has 0 aliphatic heterocycles. The Labute approximate surface area is 126 Å². The number of hydrogen-bond acceptors (Lipinski definition) is 2. The Kier molecular flexibility index (Phi) is 6.51. The SMILES string of the molecule is CC(=O)NC(C(C)C)C(O[Si](C)(C)C(C)(C)C)C(F)(F)F. The maximum atomic E-state index is 13.4. The van der Waals surface area contributed by atoms with Crippen molar-refractivity contribution in [2.24, 2.45) is 5.92 Å². The Morgan fingerprint density at radius 3 is 1.81 bits per heavy atom. The van der Waals surface area contributed by atoms with Gasteiger partial charge in [0, 0.05) is 6.92 Å². The molecule has 0 bridgehead atoms. The van der Waals surface area contributed by atoms with Crippen molar-refractivity contribution in [3.05, 3.63) is 0 Å². The predicted molar refractivity (Wildman–Crippen MR) is 80.6 cm³/mol. The summed E-state index contributed by atoms with van der Waals surface area (Å²) in [6.45, 7) is 13.7. The topological polar surface area (TPSA) is 38.3 Å². The number of alkyl halides is 3. The van der Waals surface area contributed by atoms with Gasteiger partial charge in [0.2, 0.25) is 5.91 Å². The van der Waals surface area contributed by atoms with Crippen LogP contribution in [0, 0.1) is 5.92 Å². The molecule has 0 aromatic heterocycles. The molecular weight excluding hydrogens is 299 g/mol. The molecule has 0 aromatic rings. The number of carbonyl (C=O) groups is 1. The second-order valence-electron chi connectivity index (χ2n) is 7.31. The van der Waals surface area contributed by atoms with E-state index in [1.165, 1.54) is 6.92 Å². The van der Waals surface area contributed by atoms with Crippen molar-refractivity contribution >= 4 is 14.2 Å². The third-order valence-electron chi connectivity index (χ3n) is 3.96. The largest absolute Gasteiger partial charge is 0.415 e. The van der Waals surface area contributed by atoms with Crippen molar-refractivity contribution < 1.29 is 22.4 Å². The van der Waals surface area contributed by atoms with Crippen LogP contribution >= 0.6 is 0 Å². The lowest BCUT2D eigenvalue weighted by Gasteiger charge is -2.42. The van der Waals surface area contributed by atoms with Gasteiger partial charge >= 0.3 is 6.18 Å². The maximum absolute atomic E-state index is 13.4. The van der Waals surface area contributed by atoms with E-state index in [2.05, 4.69) is 5.32 Å². The minimum Gasteiger partial charge on any atom is -0.404 e. The number of nitrogens with one attached hydrogen (secondary N) is 1. The zero-order valence-corrected chi connectivity index (χ0v) is 15.2. The summed E-state index contributed by atoms with van der Waals surface area (Å²) in [5.41, 5.74) is 0. The molecule has 0 rings (SSSR count). The number of amides is 1. The normalized spacial score (nSPS) is 16.8. The van der Waals surface area contributed by atoms with Gasteiger partial charge in [-0.25, -0.2) is 0 Å². The van der Waals surface area contributed by atoms with Gasteiger partial charge in [-0.15, -0.1) is 0 Å². The molecule has 7 heteroatoms. The van der Waals surface area contributed by atoms with E-state index >= 15 is 0 Å². The van der Waals surface area contributed by atoms with Gasteiger partial charge in [0.25, 0.3) is 0 Å².